The van der Waals surface area contributed by atoms with Gasteiger partial charge in [-0.1, -0.05) is 6.07 Å². The van der Waals surface area contributed by atoms with Gasteiger partial charge in [0.1, 0.15) is 0 Å². The molecular formula is C18H21N3. The van der Waals surface area contributed by atoms with Crippen LogP contribution in [0.3, 0.4) is 0 Å². The molecule has 2 heterocycles. The fourth-order valence-corrected chi connectivity index (χ4v) is 3.33. The molecule has 3 aromatic rings. The van der Waals surface area contributed by atoms with E-state index >= 15 is 0 Å². The third-order valence-electron chi connectivity index (χ3n) is 4.51. The highest BCUT2D eigenvalue weighted by atomic mass is 15.0. The molecule has 21 heavy (non-hydrogen) atoms. The largest absolute Gasteiger partial charge is 0.339 e. The molecule has 1 saturated carbocycles. The molecule has 108 valence electrons. The van der Waals surface area contributed by atoms with Crippen molar-refractivity contribution in [1.29, 1.82) is 0 Å². The van der Waals surface area contributed by atoms with Crippen LogP contribution in [-0.2, 0) is 6.54 Å². The Kier molecular flexibility index (Phi) is 2.79. The lowest BCUT2D eigenvalue weighted by molar-refractivity contribution is 0.659. The van der Waals surface area contributed by atoms with Crippen molar-refractivity contribution < 1.29 is 0 Å². The second kappa shape index (κ2) is 4.57. The van der Waals surface area contributed by atoms with E-state index in [1.54, 1.807) is 0 Å². The van der Waals surface area contributed by atoms with Crippen LogP contribution in [-0.4, -0.2) is 9.55 Å². The summed E-state index contributed by atoms with van der Waals surface area (Å²) in [4.78, 5) is 4.64. The smallest absolute Gasteiger partial charge is 0.0959 e. The number of benzene rings is 1. The molecule has 0 unspecified atom stereocenters. The summed E-state index contributed by atoms with van der Waals surface area (Å²) in [5, 5.41) is 1.25. The first-order valence-corrected chi connectivity index (χ1v) is 7.78. The van der Waals surface area contributed by atoms with Crippen molar-refractivity contribution in [3.8, 4) is 0 Å². The quantitative estimate of drug-likeness (QED) is 0.789. The maximum atomic E-state index is 6.25. The van der Waals surface area contributed by atoms with Gasteiger partial charge in [-0.2, -0.15) is 0 Å². The Morgan fingerprint density at radius 1 is 1.38 bits per heavy atom. The molecule has 1 aliphatic carbocycles. The molecule has 0 radical (unpaired) electrons. The molecule has 2 N–H and O–H groups in total. The highest BCUT2D eigenvalue weighted by Gasteiger charge is 2.25. The van der Waals surface area contributed by atoms with Crippen LogP contribution in [0, 0.1) is 12.8 Å². The van der Waals surface area contributed by atoms with E-state index in [1.807, 2.05) is 12.3 Å². The van der Waals surface area contributed by atoms with Crippen molar-refractivity contribution in [2.24, 2.45) is 11.7 Å². The van der Waals surface area contributed by atoms with Crippen molar-refractivity contribution in [2.45, 2.75) is 39.3 Å². The molecule has 1 atom stereocenters. The van der Waals surface area contributed by atoms with E-state index in [0.29, 0.717) is 0 Å². The molecule has 3 heteroatoms. The number of hydrogen-bond donors (Lipinski definition) is 1. The minimum Gasteiger partial charge on any atom is -0.339 e. The summed E-state index contributed by atoms with van der Waals surface area (Å²) in [6, 6.07) is 8.73. The van der Waals surface area contributed by atoms with Crippen molar-refractivity contribution >= 4 is 21.9 Å². The topological polar surface area (TPSA) is 43.8 Å². The van der Waals surface area contributed by atoms with Gasteiger partial charge in [0.05, 0.1) is 16.6 Å². The van der Waals surface area contributed by atoms with E-state index in [1.165, 1.54) is 40.4 Å². The zero-order chi connectivity index (χ0) is 14.6. The number of aryl methyl sites for hydroxylation is 1. The van der Waals surface area contributed by atoms with E-state index in [-0.39, 0.29) is 6.04 Å². The number of rotatable bonds is 3. The molecule has 2 aromatic heterocycles. The van der Waals surface area contributed by atoms with Crippen molar-refractivity contribution in [3.63, 3.8) is 0 Å². The third kappa shape index (κ3) is 2.04. The summed E-state index contributed by atoms with van der Waals surface area (Å²) < 4.78 is 2.45. The van der Waals surface area contributed by atoms with Crippen molar-refractivity contribution in [2.75, 3.05) is 0 Å². The molecule has 3 nitrogen and oxygen atoms in total. The van der Waals surface area contributed by atoms with Crippen LogP contribution in [0.1, 0.15) is 36.9 Å². The average Bonchev–Trinajstić information content (AvgIpc) is 3.23. The SMILES string of the molecule is Cc1cc([C@@H](C)N)c2c(c1)c1ncccc1n2CC1CC1. The highest BCUT2D eigenvalue weighted by molar-refractivity contribution is 6.07. The molecular weight excluding hydrogens is 258 g/mol. The Balaban J connectivity index is 2.13. The minimum atomic E-state index is 0.0367. The fourth-order valence-electron chi connectivity index (χ4n) is 3.33. The van der Waals surface area contributed by atoms with Crippen LogP contribution >= 0.6 is 0 Å². The van der Waals surface area contributed by atoms with Gasteiger partial charge in [-0.05, 0) is 61.9 Å². The van der Waals surface area contributed by atoms with Crippen LogP contribution in [0.2, 0.25) is 0 Å². The van der Waals surface area contributed by atoms with E-state index in [4.69, 9.17) is 5.73 Å². The van der Waals surface area contributed by atoms with Crippen LogP contribution in [0.25, 0.3) is 21.9 Å². The lowest BCUT2D eigenvalue weighted by Crippen LogP contribution is -2.09. The summed E-state index contributed by atoms with van der Waals surface area (Å²) in [6.07, 6.45) is 4.58. The van der Waals surface area contributed by atoms with Gasteiger partial charge in [-0.25, -0.2) is 0 Å². The summed E-state index contributed by atoms with van der Waals surface area (Å²) in [5.74, 6) is 0.825. The maximum absolute atomic E-state index is 6.25. The van der Waals surface area contributed by atoms with Gasteiger partial charge in [-0.15, -0.1) is 0 Å². The zero-order valence-corrected chi connectivity index (χ0v) is 12.6. The number of aromatic nitrogens is 2. The highest BCUT2D eigenvalue weighted by Crippen LogP contribution is 2.37. The van der Waals surface area contributed by atoms with Crippen LogP contribution in [0.4, 0.5) is 0 Å². The average molecular weight is 279 g/mol. The normalized spacial score (nSPS) is 16.7. The van der Waals surface area contributed by atoms with Gasteiger partial charge in [0, 0.05) is 24.2 Å². The fraction of sp³-hybridized carbons (Fsp3) is 0.389. The van der Waals surface area contributed by atoms with E-state index in [9.17, 15) is 0 Å². The van der Waals surface area contributed by atoms with Gasteiger partial charge in [0.25, 0.3) is 0 Å². The predicted octanol–water partition coefficient (Wildman–Crippen LogP) is 3.93. The van der Waals surface area contributed by atoms with Gasteiger partial charge in [-0.3, -0.25) is 4.98 Å². The van der Waals surface area contributed by atoms with Gasteiger partial charge in [0.15, 0.2) is 0 Å². The molecule has 1 fully saturated rings. The summed E-state index contributed by atoms with van der Waals surface area (Å²) >= 11 is 0. The lowest BCUT2D eigenvalue weighted by atomic mass is 10.0. The molecule has 0 spiro atoms. The number of nitrogens with zero attached hydrogens (tertiary/aromatic N) is 2. The molecule has 4 rings (SSSR count). The standard InChI is InChI=1S/C18H21N3/c1-11-8-14(12(2)19)18-15(9-11)17-16(4-3-7-20-17)21(18)10-13-5-6-13/h3-4,7-9,12-13H,5-6,10,19H2,1-2H3/t12-/m1/s1. The van der Waals surface area contributed by atoms with Crippen molar-refractivity contribution in [1.82, 2.24) is 9.55 Å². The van der Waals surface area contributed by atoms with E-state index in [0.717, 1.165) is 18.0 Å². The third-order valence-corrected chi connectivity index (χ3v) is 4.51. The Hall–Kier alpha value is -1.87. The molecule has 0 saturated heterocycles. The zero-order valence-electron chi connectivity index (χ0n) is 12.6. The number of hydrogen-bond acceptors (Lipinski definition) is 2. The Morgan fingerprint density at radius 2 is 2.19 bits per heavy atom. The van der Waals surface area contributed by atoms with Gasteiger partial charge in [0.2, 0.25) is 0 Å². The van der Waals surface area contributed by atoms with E-state index in [2.05, 4.69) is 41.6 Å². The second-order valence-electron chi connectivity index (χ2n) is 6.46. The summed E-state index contributed by atoms with van der Waals surface area (Å²) in [5.41, 5.74) is 12.4. The molecule has 1 aromatic carbocycles. The van der Waals surface area contributed by atoms with Crippen LogP contribution < -0.4 is 5.73 Å². The number of fused-ring (bicyclic) bond motifs is 3. The Morgan fingerprint density at radius 3 is 2.90 bits per heavy atom. The molecule has 0 aliphatic heterocycles. The first-order valence-electron chi connectivity index (χ1n) is 7.78. The molecule has 1 aliphatic rings. The van der Waals surface area contributed by atoms with Gasteiger partial charge >= 0.3 is 0 Å². The van der Waals surface area contributed by atoms with Crippen LogP contribution in [0.15, 0.2) is 30.5 Å². The number of pyridine rings is 1. The van der Waals surface area contributed by atoms with Crippen LogP contribution in [0.5, 0.6) is 0 Å². The predicted molar refractivity (Wildman–Crippen MR) is 87.3 cm³/mol. The first-order chi connectivity index (χ1) is 10.1. The first kappa shape index (κ1) is 12.8. The summed E-state index contributed by atoms with van der Waals surface area (Å²) in [6.45, 7) is 5.30. The Labute approximate surface area is 124 Å². The molecule has 0 bridgehead atoms. The van der Waals surface area contributed by atoms with Gasteiger partial charge < -0.3 is 10.3 Å². The summed E-state index contributed by atoms with van der Waals surface area (Å²) in [7, 11) is 0. The minimum absolute atomic E-state index is 0.0367. The monoisotopic (exact) mass is 279 g/mol. The molecule has 0 amide bonds. The Bertz CT molecular complexity index is 825. The van der Waals surface area contributed by atoms with Crippen molar-refractivity contribution in [3.05, 3.63) is 41.6 Å². The number of nitrogens with two attached hydrogens (primary N) is 1. The maximum Gasteiger partial charge on any atom is 0.0959 e. The lowest BCUT2D eigenvalue weighted by Gasteiger charge is -2.13. The second-order valence-corrected chi connectivity index (χ2v) is 6.46. The van der Waals surface area contributed by atoms with E-state index < -0.39 is 0 Å².